The van der Waals surface area contributed by atoms with Gasteiger partial charge in [0.15, 0.2) is 5.96 Å². The molecule has 0 saturated carbocycles. The van der Waals surface area contributed by atoms with E-state index in [-0.39, 0.29) is 29.7 Å². The van der Waals surface area contributed by atoms with Gasteiger partial charge in [0, 0.05) is 6.54 Å². The third-order valence-corrected chi connectivity index (χ3v) is 2.40. The molecule has 0 radical (unpaired) electrons. The lowest BCUT2D eigenvalue weighted by Gasteiger charge is -2.07. The fourth-order valence-electron chi connectivity index (χ4n) is 1.32. The van der Waals surface area contributed by atoms with Crippen LogP contribution in [0.1, 0.15) is 25.8 Å². The highest BCUT2D eigenvalue weighted by Gasteiger charge is 1.96. The van der Waals surface area contributed by atoms with Gasteiger partial charge in [-0.1, -0.05) is 26.0 Å². The molecule has 0 aromatic heterocycles. The minimum atomic E-state index is 0. The lowest BCUT2D eigenvalue weighted by Crippen LogP contribution is -2.32. The van der Waals surface area contributed by atoms with Gasteiger partial charge in [-0.2, -0.15) is 0 Å². The van der Waals surface area contributed by atoms with E-state index in [1.165, 1.54) is 0 Å². The first-order valence-electron chi connectivity index (χ1n) is 5.89. The van der Waals surface area contributed by atoms with E-state index in [4.69, 9.17) is 10.8 Å². The third-order valence-electron chi connectivity index (χ3n) is 2.40. The number of rotatable bonds is 5. The van der Waals surface area contributed by atoms with Crippen molar-refractivity contribution >= 4 is 29.9 Å². The lowest BCUT2D eigenvalue weighted by atomic mass is 10.1. The molecular weight excluding hydrogens is 341 g/mol. The largest absolute Gasteiger partial charge is 0.508 e. The summed E-state index contributed by atoms with van der Waals surface area (Å²) in [6.45, 7) is 5.72. The van der Waals surface area contributed by atoms with Gasteiger partial charge in [-0.15, -0.1) is 24.0 Å². The molecule has 18 heavy (non-hydrogen) atoms. The molecule has 102 valence electrons. The summed E-state index contributed by atoms with van der Waals surface area (Å²) in [5.41, 5.74) is 6.75. The van der Waals surface area contributed by atoms with Crippen molar-refractivity contribution in [2.24, 2.45) is 16.6 Å². The van der Waals surface area contributed by atoms with E-state index < -0.39 is 0 Å². The van der Waals surface area contributed by atoms with Gasteiger partial charge in [0.2, 0.25) is 0 Å². The number of hydrogen-bond acceptors (Lipinski definition) is 2. The van der Waals surface area contributed by atoms with Crippen molar-refractivity contribution < 1.29 is 5.11 Å². The maximum atomic E-state index is 9.13. The molecule has 0 unspecified atom stereocenters. The minimum Gasteiger partial charge on any atom is -0.508 e. The number of halogens is 1. The standard InChI is InChI=1S/C13H21N3O.HI/c1-10(2)7-8-15-13(14)16-9-11-3-5-12(17)6-4-11;/h3-6,10,17H,7-9H2,1-2H3,(H3,14,15,16);1H. The van der Waals surface area contributed by atoms with E-state index in [1.807, 2.05) is 12.1 Å². The Morgan fingerprint density at radius 1 is 1.33 bits per heavy atom. The molecule has 0 atom stereocenters. The van der Waals surface area contributed by atoms with Gasteiger partial charge >= 0.3 is 0 Å². The molecule has 0 bridgehead atoms. The highest BCUT2D eigenvalue weighted by molar-refractivity contribution is 14.0. The molecule has 0 heterocycles. The van der Waals surface area contributed by atoms with Crippen LogP contribution in [-0.4, -0.2) is 17.6 Å². The fraction of sp³-hybridized carbons (Fsp3) is 0.462. The molecule has 0 aliphatic rings. The number of phenolic OH excluding ortho intramolecular Hbond substituents is 1. The quantitative estimate of drug-likeness (QED) is 0.428. The van der Waals surface area contributed by atoms with Crippen LogP contribution in [0, 0.1) is 5.92 Å². The van der Waals surface area contributed by atoms with Crippen molar-refractivity contribution in [3.8, 4) is 5.75 Å². The van der Waals surface area contributed by atoms with Crippen LogP contribution in [0.5, 0.6) is 5.75 Å². The Bertz CT molecular complexity index is 363. The number of nitrogens with zero attached hydrogens (tertiary/aromatic N) is 1. The van der Waals surface area contributed by atoms with E-state index in [0.717, 1.165) is 18.5 Å². The maximum Gasteiger partial charge on any atom is 0.188 e. The van der Waals surface area contributed by atoms with Crippen LogP contribution in [0.3, 0.4) is 0 Å². The first kappa shape index (κ1) is 17.0. The second-order valence-electron chi connectivity index (χ2n) is 4.48. The van der Waals surface area contributed by atoms with Gasteiger partial charge in [0.1, 0.15) is 5.75 Å². The monoisotopic (exact) mass is 363 g/mol. The average molecular weight is 363 g/mol. The van der Waals surface area contributed by atoms with Gasteiger partial charge in [-0.05, 0) is 30.0 Å². The zero-order chi connectivity index (χ0) is 12.7. The number of nitrogens with two attached hydrogens (primary N) is 1. The van der Waals surface area contributed by atoms with Crippen LogP contribution in [-0.2, 0) is 6.54 Å². The van der Waals surface area contributed by atoms with Crippen molar-refractivity contribution in [2.45, 2.75) is 26.8 Å². The molecular formula is C13H22IN3O. The zero-order valence-electron chi connectivity index (χ0n) is 10.9. The van der Waals surface area contributed by atoms with Crippen LogP contribution in [0.25, 0.3) is 0 Å². The summed E-state index contributed by atoms with van der Waals surface area (Å²) < 4.78 is 0. The summed E-state index contributed by atoms with van der Waals surface area (Å²) in [7, 11) is 0. The van der Waals surface area contributed by atoms with Crippen LogP contribution in [0.2, 0.25) is 0 Å². The first-order valence-corrected chi connectivity index (χ1v) is 5.89. The van der Waals surface area contributed by atoms with Crippen LogP contribution < -0.4 is 11.1 Å². The average Bonchev–Trinajstić information content (AvgIpc) is 2.28. The summed E-state index contributed by atoms with van der Waals surface area (Å²) in [5.74, 6) is 1.40. The molecule has 4 N–H and O–H groups in total. The number of nitrogens with one attached hydrogen (secondary N) is 1. The highest BCUT2D eigenvalue weighted by atomic mass is 127. The predicted molar refractivity (Wildman–Crippen MR) is 86.3 cm³/mol. The van der Waals surface area contributed by atoms with Gasteiger partial charge in [-0.25, -0.2) is 4.99 Å². The Balaban J connectivity index is 0.00000289. The van der Waals surface area contributed by atoms with E-state index in [9.17, 15) is 0 Å². The Kier molecular flexibility index (Phi) is 8.53. The SMILES string of the molecule is CC(C)CCNC(N)=NCc1ccc(O)cc1.I. The van der Waals surface area contributed by atoms with Crippen LogP contribution in [0.4, 0.5) is 0 Å². The van der Waals surface area contributed by atoms with Crippen molar-refractivity contribution in [2.75, 3.05) is 6.54 Å². The van der Waals surface area contributed by atoms with Crippen molar-refractivity contribution in [1.82, 2.24) is 5.32 Å². The molecule has 0 saturated heterocycles. The predicted octanol–water partition coefficient (Wildman–Crippen LogP) is 2.46. The van der Waals surface area contributed by atoms with E-state index in [1.54, 1.807) is 12.1 Å². The Labute approximate surface area is 126 Å². The number of hydrogen-bond donors (Lipinski definition) is 3. The highest BCUT2D eigenvalue weighted by Crippen LogP contribution is 2.10. The molecule has 0 amide bonds. The summed E-state index contributed by atoms with van der Waals surface area (Å²) in [5, 5.41) is 12.2. The summed E-state index contributed by atoms with van der Waals surface area (Å²) >= 11 is 0. The van der Waals surface area contributed by atoms with Crippen LogP contribution in [0.15, 0.2) is 29.3 Å². The second kappa shape index (κ2) is 9.02. The lowest BCUT2D eigenvalue weighted by molar-refractivity contribution is 0.475. The number of benzene rings is 1. The number of phenols is 1. The summed E-state index contributed by atoms with van der Waals surface area (Å²) in [6.07, 6.45) is 1.08. The second-order valence-corrected chi connectivity index (χ2v) is 4.48. The molecule has 0 aliphatic heterocycles. The topological polar surface area (TPSA) is 70.6 Å². The van der Waals surface area contributed by atoms with Gasteiger partial charge in [0.25, 0.3) is 0 Å². The number of guanidine groups is 1. The van der Waals surface area contributed by atoms with Crippen LogP contribution >= 0.6 is 24.0 Å². The van der Waals surface area contributed by atoms with E-state index >= 15 is 0 Å². The number of aliphatic imine (C=N–C) groups is 1. The Morgan fingerprint density at radius 2 is 1.94 bits per heavy atom. The Morgan fingerprint density at radius 3 is 2.50 bits per heavy atom. The molecule has 1 rings (SSSR count). The van der Waals surface area contributed by atoms with E-state index in [2.05, 4.69) is 24.2 Å². The Hall–Kier alpha value is -0.980. The fourth-order valence-corrected chi connectivity index (χ4v) is 1.32. The first-order chi connectivity index (χ1) is 8.08. The molecule has 0 fully saturated rings. The molecule has 4 nitrogen and oxygen atoms in total. The van der Waals surface area contributed by atoms with E-state index in [0.29, 0.717) is 18.4 Å². The molecule has 1 aromatic rings. The molecule has 1 aromatic carbocycles. The van der Waals surface area contributed by atoms with Crippen molar-refractivity contribution in [3.63, 3.8) is 0 Å². The summed E-state index contributed by atoms with van der Waals surface area (Å²) in [6, 6.07) is 6.96. The minimum absolute atomic E-state index is 0. The maximum absolute atomic E-state index is 9.13. The molecule has 5 heteroatoms. The van der Waals surface area contributed by atoms with Gasteiger partial charge in [0.05, 0.1) is 6.54 Å². The summed E-state index contributed by atoms with van der Waals surface area (Å²) in [4.78, 5) is 4.22. The zero-order valence-corrected chi connectivity index (χ0v) is 13.2. The normalized spacial score (nSPS) is 11.2. The van der Waals surface area contributed by atoms with Crippen molar-refractivity contribution in [3.05, 3.63) is 29.8 Å². The number of aromatic hydroxyl groups is 1. The molecule has 0 spiro atoms. The molecule has 0 aliphatic carbocycles. The van der Waals surface area contributed by atoms with Gasteiger partial charge < -0.3 is 16.2 Å². The smallest absolute Gasteiger partial charge is 0.188 e. The van der Waals surface area contributed by atoms with Gasteiger partial charge in [-0.3, -0.25) is 0 Å². The van der Waals surface area contributed by atoms with Crippen molar-refractivity contribution in [1.29, 1.82) is 0 Å². The third kappa shape index (κ3) is 7.37.